The van der Waals surface area contributed by atoms with Gasteiger partial charge in [0.15, 0.2) is 11.5 Å². The minimum Gasteiger partial charge on any atom is -0.485 e. The summed E-state index contributed by atoms with van der Waals surface area (Å²) < 4.78 is 41.8. The third-order valence-electron chi connectivity index (χ3n) is 3.10. The van der Waals surface area contributed by atoms with Crippen molar-refractivity contribution in [2.24, 2.45) is 0 Å². The number of ether oxygens (including phenoxy) is 2. The van der Waals surface area contributed by atoms with Gasteiger partial charge in [-0.05, 0) is 20.9 Å². The van der Waals surface area contributed by atoms with Gasteiger partial charge in [0.1, 0.15) is 12.7 Å². The number of aryl methyl sites for hydroxylation is 2. The van der Waals surface area contributed by atoms with Crippen LogP contribution in [0.3, 0.4) is 0 Å². The van der Waals surface area contributed by atoms with Gasteiger partial charge in [-0.3, -0.25) is 4.55 Å². The number of rotatable bonds is 5. The Morgan fingerprint density at radius 2 is 2.00 bits per heavy atom. The summed E-state index contributed by atoms with van der Waals surface area (Å²) in [6, 6.07) is 0. The number of thiophene rings is 1. The minimum absolute atomic E-state index is 0.137. The number of fused-ring (bicyclic) bond motifs is 1. The van der Waals surface area contributed by atoms with Crippen LogP contribution >= 0.6 is 11.3 Å². The van der Waals surface area contributed by atoms with Gasteiger partial charge in [-0.25, -0.2) is 0 Å². The average Bonchev–Trinajstić information content (AvgIpc) is 2.62. The Balaban J connectivity index is 1.91. The predicted octanol–water partition coefficient (Wildman–Crippen LogP) is 1.32. The van der Waals surface area contributed by atoms with Crippen molar-refractivity contribution in [3.05, 3.63) is 9.75 Å². The zero-order chi connectivity index (χ0) is 14.9. The lowest BCUT2D eigenvalue weighted by molar-refractivity contribution is 0.0668. The highest BCUT2D eigenvalue weighted by Crippen LogP contribution is 2.43. The SMILES string of the molecule is Cc1sc(C)c2c1OCC(CN(C)CCS(=O)(=O)O)O2. The molecule has 0 spiro atoms. The summed E-state index contributed by atoms with van der Waals surface area (Å²) in [6.07, 6.45) is -0.137. The lowest BCUT2D eigenvalue weighted by Gasteiger charge is -2.28. The summed E-state index contributed by atoms with van der Waals surface area (Å²) in [4.78, 5) is 4.00. The molecule has 0 saturated carbocycles. The molecule has 0 amide bonds. The zero-order valence-electron chi connectivity index (χ0n) is 11.7. The van der Waals surface area contributed by atoms with Crippen molar-refractivity contribution in [2.45, 2.75) is 20.0 Å². The van der Waals surface area contributed by atoms with Crippen LogP contribution in [-0.2, 0) is 10.1 Å². The minimum atomic E-state index is -3.92. The molecule has 114 valence electrons. The first-order chi connectivity index (χ1) is 9.26. The van der Waals surface area contributed by atoms with Crippen LogP contribution in [0.5, 0.6) is 11.5 Å². The van der Waals surface area contributed by atoms with Crippen molar-refractivity contribution >= 4 is 21.5 Å². The second kappa shape index (κ2) is 5.88. The van der Waals surface area contributed by atoms with Crippen molar-refractivity contribution in [1.82, 2.24) is 4.90 Å². The second-order valence-electron chi connectivity index (χ2n) is 4.97. The van der Waals surface area contributed by atoms with Crippen molar-refractivity contribution in [1.29, 1.82) is 0 Å². The molecule has 2 rings (SSSR count). The molecular weight excluding hydrogens is 302 g/mol. The summed E-state index contributed by atoms with van der Waals surface area (Å²) >= 11 is 1.64. The number of hydrogen-bond donors (Lipinski definition) is 1. The molecule has 0 bridgehead atoms. The molecule has 1 aliphatic heterocycles. The van der Waals surface area contributed by atoms with Crippen LogP contribution < -0.4 is 9.47 Å². The molecule has 0 fully saturated rings. The molecule has 0 aromatic carbocycles. The first kappa shape index (κ1) is 15.6. The molecule has 6 nitrogen and oxygen atoms in total. The topological polar surface area (TPSA) is 76.1 Å². The molecule has 1 aromatic rings. The number of likely N-dealkylation sites (N-methyl/N-ethyl adjacent to an activating group) is 1. The molecule has 8 heteroatoms. The standard InChI is InChI=1S/C12H19NO5S2/c1-8-11-12(9(2)19-8)18-10(7-17-11)6-13(3)4-5-20(14,15)16/h10H,4-7H2,1-3H3,(H,14,15,16). The Hall–Kier alpha value is -0.830. The number of nitrogens with zero attached hydrogens (tertiary/aromatic N) is 1. The fourth-order valence-electron chi connectivity index (χ4n) is 2.12. The van der Waals surface area contributed by atoms with E-state index < -0.39 is 10.1 Å². The molecule has 20 heavy (non-hydrogen) atoms. The van der Waals surface area contributed by atoms with Crippen molar-refractivity contribution in [3.63, 3.8) is 0 Å². The second-order valence-corrected chi connectivity index (χ2v) is 7.97. The monoisotopic (exact) mass is 321 g/mol. The van der Waals surface area contributed by atoms with E-state index in [1.807, 2.05) is 13.8 Å². The molecule has 0 saturated heterocycles. The van der Waals surface area contributed by atoms with Crippen LogP contribution in [0.4, 0.5) is 0 Å². The molecule has 0 aliphatic carbocycles. The van der Waals surface area contributed by atoms with Crippen LogP contribution in [0.25, 0.3) is 0 Å². The Morgan fingerprint density at radius 3 is 2.65 bits per heavy atom. The smallest absolute Gasteiger partial charge is 0.266 e. The molecule has 1 aromatic heterocycles. The van der Waals surface area contributed by atoms with Crippen LogP contribution in [0, 0.1) is 13.8 Å². The maximum Gasteiger partial charge on any atom is 0.266 e. The van der Waals surface area contributed by atoms with E-state index in [2.05, 4.69) is 0 Å². The van der Waals surface area contributed by atoms with E-state index in [0.29, 0.717) is 13.2 Å². The molecule has 1 unspecified atom stereocenters. The Bertz CT molecular complexity index is 581. The quantitative estimate of drug-likeness (QED) is 0.825. The van der Waals surface area contributed by atoms with Gasteiger partial charge in [0.25, 0.3) is 10.1 Å². The molecule has 1 aliphatic rings. The highest BCUT2D eigenvalue weighted by molar-refractivity contribution is 7.85. The van der Waals surface area contributed by atoms with Crippen LogP contribution in [-0.4, -0.2) is 56.5 Å². The van der Waals surface area contributed by atoms with Crippen molar-refractivity contribution < 1.29 is 22.4 Å². The van der Waals surface area contributed by atoms with Crippen LogP contribution in [0.2, 0.25) is 0 Å². The fraction of sp³-hybridized carbons (Fsp3) is 0.667. The van der Waals surface area contributed by atoms with Crippen LogP contribution in [0.15, 0.2) is 0 Å². The zero-order valence-corrected chi connectivity index (χ0v) is 13.4. The third kappa shape index (κ3) is 3.85. The number of hydrogen-bond acceptors (Lipinski definition) is 6. The van der Waals surface area contributed by atoms with E-state index in [1.165, 1.54) is 0 Å². The van der Waals surface area contributed by atoms with Crippen molar-refractivity contribution in [2.75, 3.05) is 32.5 Å². The average molecular weight is 321 g/mol. The van der Waals surface area contributed by atoms with Gasteiger partial charge in [-0.15, -0.1) is 11.3 Å². The summed E-state index contributed by atoms with van der Waals surface area (Å²) in [7, 11) is -2.14. The van der Waals surface area contributed by atoms with E-state index in [-0.39, 0.29) is 18.4 Å². The Labute approximate surface area is 123 Å². The largest absolute Gasteiger partial charge is 0.485 e. The van der Waals surface area contributed by atoms with E-state index in [0.717, 1.165) is 21.3 Å². The summed E-state index contributed by atoms with van der Waals surface area (Å²) in [6.45, 7) is 5.24. The van der Waals surface area contributed by atoms with Gasteiger partial charge >= 0.3 is 0 Å². The van der Waals surface area contributed by atoms with Gasteiger partial charge in [-0.2, -0.15) is 8.42 Å². The predicted molar refractivity (Wildman–Crippen MR) is 77.6 cm³/mol. The normalized spacial score (nSPS) is 18.6. The van der Waals surface area contributed by atoms with Crippen LogP contribution in [0.1, 0.15) is 9.75 Å². The molecular formula is C12H19NO5S2. The van der Waals surface area contributed by atoms with E-state index in [1.54, 1.807) is 23.3 Å². The third-order valence-corrected chi connectivity index (χ3v) is 4.78. The Morgan fingerprint density at radius 1 is 1.35 bits per heavy atom. The highest BCUT2D eigenvalue weighted by atomic mass is 32.2. The van der Waals surface area contributed by atoms with E-state index in [4.69, 9.17) is 14.0 Å². The lowest BCUT2D eigenvalue weighted by Crippen LogP contribution is -2.40. The molecule has 1 N–H and O–H groups in total. The Kier molecular flexibility index (Phi) is 4.58. The maximum absolute atomic E-state index is 10.7. The van der Waals surface area contributed by atoms with E-state index in [9.17, 15) is 8.42 Å². The van der Waals surface area contributed by atoms with Gasteiger partial charge < -0.3 is 14.4 Å². The molecule has 1 atom stereocenters. The molecule has 0 radical (unpaired) electrons. The first-order valence-electron chi connectivity index (χ1n) is 6.29. The lowest BCUT2D eigenvalue weighted by atomic mass is 10.3. The summed E-state index contributed by atoms with van der Waals surface area (Å²) in [5.74, 6) is 1.34. The van der Waals surface area contributed by atoms with E-state index >= 15 is 0 Å². The van der Waals surface area contributed by atoms with Gasteiger partial charge in [0.2, 0.25) is 0 Å². The van der Waals surface area contributed by atoms with Gasteiger partial charge in [-0.1, -0.05) is 0 Å². The maximum atomic E-state index is 10.7. The van der Waals surface area contributed by atoms with Gasteiger partial charge in [0.05, 0.1) is 5.75 Å². The van der Waals surface area contributed by atoms with Crippen molar-refractivity contribution in [3.8, 4) is 11.5 Å². The first-order valence-corrected chi connectivity index (χ1v) is 8.72. The van der Waals surface area contributed by atoms with Gasteiger partial charge in [0, 0.05) is 22.8 Å². The fourth-order valence-corrected chi connectivity index (χ4v) is 3.60. The summed E-state index contributed by atoms with van der Waals surface area (Å²) in [5, 5.41) is 0. The molecule has 2 heterocycles. The highest BCUT2D eigenvalue weighted by Gasteiger charge is 2.27. The summed E-state index contributed by atoms with van der Waals surface area (Å²) in [5.41, 5.74) is 0.